The molecule has 97 valence electrons. The van der Waals surface area contributed by atoms with Crippen molar-refractivity contribution in [3.63, 3.8) is 0 Å². The maximum absolute atomic E-state index is 12.1. The number of aryl methyl sites for hydroxylation is 1. The molecular formula is C15H15INOY-. The van der Waals surface area contributed by atoms with Crippen LogP contribution in [0.5, 0.6) is 0 Å². The van der Waals surface area contributed by atoms with Crippen LogP contribution in [-0.4, -0.2) is 4.57 Å². The summed E-state index contributed by atoms with van der Waals surface area (Å²) in [7, 11) is 0. The minimum Gasteiger partial charge on any atom is -0.342 e. The third kappa shape index (κ3) is 3.56. The maximum Gasteiger partial charge on any atom is 0.207 e. The predicted octanol–water partition coefficient (Wildman–Crippen LogP) is 3.50. The van der Waals surface area contributed by atoms with Gasteiger partial charge in [-0.1, -0.05) is 41.9 Å². The number of benzene rings is 1. The van der Waals surface area contributed by atoms with E-state index in [-0.39, 0.29) is 38.3 Å². The molecule has 2 rings (SSSR count). The summed E-state index contributed by atoms with van der Waals surface area (Å²) in [4.78, 5) is 12.1. The molecule has 1 radical (unpaired) electrons. The normalized spacial score (nSPS) is 10.1. The molecule has 0 amide bonds. The second-order valence-electron chi connectivity index (χ2n) is 4.05. The second kappa shape index (κ2) is 7.70. The Morgan fingerprint density at radius 2 is 1.95 bits per heavy atom. The van der Waals surface area contributed by atoms with Crippen molar-refractivity contribution >= 4 is 22.6 Å². The van der Waals surface area contributed by atoms with Gasteiger partial charge < -0.3 is 4.57 Å². The molecule has 1 heterocycles. The van der Waals surface area contributed by atoms with Gasteiger partial charge in [0.1, 0.15) is 0 Å². The Morgan fingerprint density at radius 3 is 2.58 bits per heavy atom. The predicted molar refractivity (Wildman–Crippen MR) is 82.7 cm³/mol. The van der Waals surface area contributed by atoms with Crippen molar-refractivity contribution in [2.45, 2.75) is 26.8 Å². The number of nitrogens with zero attached hydrogens (tertiary/aromatic N) is 1. The van der Waals surface area contributed by atoms with Crippen LogP contribution in [0.3, 0.4) is 0 Å². The van der Waals surface area contributed by atoms with Gasteiger partial charge >= 0.3 is 0 Å². The minimum absolute atomic E-state index is 0. The Balaban J connectivity index is 0.00000180. The van der Waals surface area contributed by atoms with Crippen LogP contribution < -0.4 is 5.56 Å². The molecule has 0 unspecified atom stereocenters. The average molecular weight is 441 g/mol. The monoisotopic (exact) mass is 441 g/mol. The number of hydrogen-bond acceptors (Lipinski definition) is 1. The average Bonchev–Trinajstić information content (AvgIpc) is 2.41. The molecule has 2 nitrogen and oxygen atoms in total. The van der Waals surface area contributed by atoms with Gasteiger partial charge in [-0.25, -0.2) is 0 Å². The fourth-order valence-electron chi connectivity index (χ4n) is 2.09. The molecule has 0 bridgehead atoms. The van der Waals surface area contributed by atoms with Crippen molar-refractivity contribution < 1.29 is 32.7 Å². The Bertz CT molecular complexity index is 622. The van der Waals surface area contributed by atoms with Crippen LogP contribution in [0.1, 0.15) is 19.4 Å². The molecule has 0 fully saturated rings. The van der Waals surface area contributed by atoms with E-state index in [9.17, 15) is 4.79 Å². The van der Waals surface area contributed by atoms with Gasteiger partial charge in [0.15, 0.2) is 0 Å². The maximum atomic E-state index is 12.1. The van der Waals surface area contributed by atoms with Gasteiger partial charge in [-0.05, 0) is 16.9 Å². The van der Waals surface area contributed by atoms with Gasteiger partial charge in [0.2, 0.25) is 5.56 Å². The Hall–Kier alpha value is 0.00390. The van der Waals surface area contributed by atoms with Crippen molar-refractivity contribution in [1.82, 2.24) is 4.57 Å². The summed E-state index contributed by atoms with van der Waals surface area (Å²) in [6, 6.07) is 13.2. The van der Waals surface area contributed by atoms with Gasteiger partial charge in [-0.15, -0.1) is 28.7 Å². The third-order valence-electron chi connectivity index (χ3n) is 3.02. The Morgan fingerprint density at radius 1 is 1.26 bits per heavy atom. The molecule has 0 N–H and O–H groups in total. The first-order valence-corrected chi connectivity index (χ1v) is 7.16. The third-order valence-corrected chi connectivity index (χ3v) is 3.80. The summed E-state index contributed by atoms with van der Waals surface area (Å²) in [5, 5.41) is 0. The van der Waals surface area contributed by atoms with Gasteiger partial charge in [0.25, 0.3) is 0 Å². The van der Waals surface area contributed by atoms with E-state index in [0.717, 1.165) is 17.7 Å². The first-order chi connectivity index (χ1) is 8.69. The van der Waals surface area contributed by atoms with E-state index in [4.69, 9.17) is 0 Å². The first kappa shape index (κ1) is 17.1. The topological polar surface area (TPSA) is 22.0 Å². The van der Waals surface area contributed by atoms with Crippen LogP contribution in [0, 0.1) is 9.64 Å². The quantitative estimate of drug-likeness (QED) is 0.528. The van der Waals surface area contributed by atoms with Crippen molar-refractivity contribution in [1.29, 1.82) is 0 Å². The first-order valence-electron chi connectivity index (χ1n) is 6.08. The minimum atomic E-state index is 0. The standard InChI is InChI=1S/C15H15INO.Y/c1-3-11-7-5-6-8-12(11)14-10-9-13(16)15(18)17(14)4-2;/h5-9H,3-4H2,1-2H3;/q-1;. The largest absolute Gasteiger partial charge is 0.342 e. The molecule has 2 aromatic rings. The smallest absolute Gasteiger partial charge is 0.207 e. The van der Waals surface area contributed by atoms with Crippen LogP contribution in [0.25, 0.3) is 11.3 Å². The Kier molecular flexibility index (Phi) is 6.91. The fraction of sp³-hybridized carbons (Fsp3) is 0.267. The van der Waals surface area contributed by atoms with Crippen molar-refractivity contribution in [3.8, 4) is 11.3 Å². The van der Waals surface area contributed by atoms with Crippen molar-refractivity contribution in [2.75, 3.05) is 0 Å². The van der Waals surface area contributed by atoms with Gasteiger partial charge in [-0.2, -0.15) is 12.1 Å². The molecule has 1 aromatic carbocycles. The molecule has 0 spiro atoms. The summed E-state index contributed by atoms with van der Waals surface area (Å²) in [5.41, 5.74) is 3.31. The zero-order valence-electron chi connectivity index (χ0n) is 11.1. The van der Waals surface area contributed by atoms with E-state index in [1.165, 1.54) is 5.56 Å². The zero-order chi connectivity index (χ0) is 13.1. The van der Waals surface area contributed by atoms with E-state index < -0.39 is 0 Å². The van der Waals surface area contributed by atoms with Gasteiger partial charge in [-0.3, -0.25) is 4.79 Å². The molecule has 1 aromatic heterocycles. The van der Waals surface area contributed by atoms with Crippen LogP contribution in [0.4, 0.5) is 0 Å². The van der Waals surface area contributed by atoms with Crippen LogP contribution in [0.2, 0.25) is 0 Å². The van der Waals surface area contributed by atoms with E-state index in [1.54, 1.807) is 10.6 Å². The van der Waals surface area contributed by atoms with Crippen molar-refractivity contribution in [3.05, 3.63) is 55.9 Å². The molecule has 0 aliphatic heterocycles. The summed E-state index contributed by atoms with van der Waals surface area (Å²) in [6.07, 6.45) is 0.952. The molecule has 4 heteroatoms. The number of pyridine rings is 1. The zero-order valence-corrected chi connectivity index (χ0v) is 16.1. The number of aromatic nitrogens is 1. The summed E-state index contributed by atoms with van der Waals surface area (Å²) < 4.78 is 2.50. The molecule has 19 heavy (non-hydrogen) atoms. The summed E-state index contributed by atoms with van der Waals surface area (Å²) in [5.74, 6) is 0. The summed E-state index contributed by atoms with van der Waals surface area (Å²) in [6.45, 7) is 4.78. The molecule has 0 aliphatic rings. The van der Waals surface area contributed by atoms with Crippen LogP contribution >= 0.6 is 22.6 Å². The molecule has 0 aliphatic carbocycles. The van der Waals surface area contributed by atoms with E-state index >= 15 is 0 Å². The second-order valence-corrected chi connectivity index (χ2v) is 5.21. The molecule has 0 saturated heterocycles. The van der Waals surface area contributed by atoms with E-state index in [1.807, 2.05) is 19.1 Å². The number of halogens is 1. The number of hydrogen-bond donors (Lipinski definition) is 0. The Labute approximate surface area is 152 Å². The SMILES string of the molecule is CCc1ccccc1-c1[c-]cc(I)c(=O)n1CC.[Y]. The molecule has 0 saturated carbocycles. The van der Waals surface area contributed by atoms with E-state index in [0.29, 0.717) is 10.1 Å². The van der Waals surface area contributed by atoms with Gasteiger partial charge in [0, 0.05) is 39.3 Å². The summed E-state index contributed by atoms with van der Waals surface area (Å²) >= 11 is 2.06. The van der Waals surface area contributed by atoms with Crippen molar-refractivity contribution in [2.24, 2.45) is 0 Å². The van der Waals surface area contributed by atoms with Crippen LogP contribution in [0.15, 0.2) is 35.1 Å². The number of rotatable bonds is 3. The van der Waals surface area contributed by atoms with Crippen LogP contribution in [-0.2, 0) is 45.7 Å². The molecular weight excluding hydrogens is 426 g/mol. The van der Waals surface area contributed by atoms with Gasteiger partial charge in [0.05, 0.1) is 0 Å². The fourth-order valence-corrected chi connectivity index (χ4v) is 2.53. The van der Waals surface area contributed by atoms with E-state index in [2.05, 4.69) is 47.7 Å². The molecule has 0 atom stereocenters.